The van der Waals surface area contributed by atoms with Crippen molar-refractivity contribution >= 4 is 17.3 Å². The Kier molecular flexibility index (Phi) is 4.10. The number of anilines is 1. The van der Waals surface area contributed by atoms with Crippen LogP contribution in [0.25, 0.3) is 0 Å². The first-order valence-electron chi connectivity index (χ1n) is 5.72. The van der Waals surface area contributed by atoms with Crippen LogP contribution in [0.1, 0.15) is 19.6 Å². The Bertz CT molecular complexity index is 498. The van der Waals surface area contributed by atoms with E-state index in [1.165, 1.54) is 6.39 Å². The van der Waals surface area contributed by atoms with Crippen LogP contribution in [-0.4, -0.2) is 11.1 Å². The quantitative estimate of drug-likeness (QED) is 0.896. The number of hydrogen-bond donors (Lipinski definition) is 1. The number of halogens is 1. The number of aromatic nitrogens is 1. The number of oxazole rings is 1. The minimum atomic E-state index is 0.107. The van der Waals surface area contributed by atoms with Gasteiger partial charge < -0.3 is 14.5 Å². The van der Waals surface area contributed by atoms with Crippen molar-refractivity contribution < 1.29 is 9.15 Å². The van der Waals surface area contributed by atoms with E-state index in [9.17, 15) is 0 Å². The summed E-state index contributed by atoms with van der Waals surface area (Å²) in [6.45, 7) is 4.50. The molecular formula is C13H15ClN2O2. The molecule has 2 rings (SSSR count). The van der Waals surface area contributed by atoms with Gasteiger partial charge in [0.1, 0.15) is 11.5 Å². The van der Waals surface area contributed by atoms with Gasteiger partial charge in [-0.25, -0.2) is 4.98 Å². The van der Waals surface area contributed by atoms with Gasteiger partial charge in [-0.1, -0.05) is 11.6 Å². The van der Waals surface area contributed by atoms with E-state index < -0.39 is 0 Å². The SMILES string of the molecule is CC(C)Oc1ccc(NCc2cnco2)cc1Cl. The second-order valence-corrected chi connectivity index (χ2v) is 4.54. The van der Waals surface area contributed by atoms with Crippen LogP contribution in [0.15, 0.2) is 35.2 Å². The van der Waals surface area contributed by atoms with Gasteiger partial charge in [-0.2, -0.15) is 0 Å². The fraction of sp³-hybridized carbons (Fsp3) is 0.308. The molecule has 0 aliphatic carbocycles. The lowest BCUT2D eigenvalue weighted by Gasteiger charge is -2.12. The lowest BCUT2D eigenvalue weighted by atomic mass is 10.3. The van der Waals surface area contributed by atoms with Crippen molar-refractivity contribution in [2.75, 3.05) is 5.32 Å². The van der Waals surface area contributed by atoms with Crippen molar-refractivity contribution in [3.63, 3.8) is 0 Å². The van der Waals surface area contributed by atoms with Crippen LogP contribution >= 0.6 is 11.6 Å². The molecule has 0 unspecified atom stereocenters. The molecule has 1 aromatic heterocycles. The maximum atomic E-state index is 6.13. The molecule has 0 saturated heterocycles. The molecule has 0 spiro atoms. The van der Waals surface area contributed by atoms with Crippen LogP contribution in [0.3, 0.4) is 0 Å². The van der Waals surface area contributed by atoms with Gasteiger partial charge in [0.25, 0.3) is 0 Å². The van der Waals surface area contributed by atoms with Crippen LogP contribution < -0.4 is 10.1 Å². The first-order valence-corrected chi connectivity index (χ1v) is 6.10. The first kappa shape index (κ1) is 12.8. The lowest BCUT2D eigenvalue weighted by Crippen LogP contribution is -2.06. The van der Waals surface area contributed by atoms with Crippen LogP contribution in [0, 0.1) is 0 Å². The van der Waals surface area contributed by atoms with Gasteiger partial charge in [0.15, 0.2) is 6.39 Å². The van der Waals surface area contributed by atoms with E-state index in [0.29, 0.717) is 17.3 Å². The summed E-state index contributed by atoms with van der Waals surface area (Å²) in [7, 11) is 0. The largest absolute Gasteiger partial charge is 0.489 e. The summed E-state index contributed by atoms with van der Waals surface area (Å²) in [4.78, 5) is 3.85. The molecule has 0 atom stereocenters. The average molecular weight is 267 g/mol. The highest BCUT2D eigenvalue weighted by atomic mass is 35.5. The van der Waals surface area contributed by atoms with E-state index >= 15 is 0 Å². The standard InChI is InChI=1S/C13H15ClN2O2/c1-9(2)18-13-4-3-10(5-12(13)14)16-7-11-6-15-8-17-11/h3-6,8-9,16H,7H2,1-2H3. The van der Waals surface area contributed by atoms with Crippen molar-refractivity contribution in [3.05, 3.63) is 41.6 Å². The minimum absolute atomic E-state index is 0.107. The summed E-state index contributed by atoms with van der Waals surface area (Å²) < 4.78 is 10.7. The maximum Gasteiger partial charge on any atom is 0.180 e. The maximum absolute atomic E-state index is 6.13. The van der Waals surface area contributed by atoms with Crippen LogP contribution in [0.4, 0.5) is 5.69 Å². The van der Waals surface area contributed by atoms with E-state index in [1.54, 1.807) is 6.20 Å². The number of benzene rings is 1. The van der Waals surface area contributed by atoms with Crippen LogP contribution in [-0.2, 0) is 6.54 Å². The first-order chi connectivity index (χ1) is 8.65. The Morgan fingerprint density at radius 1 is 1.44 bits per heavy atom. The Morgan fingerprint density at radius 3 is 2.89 bits per heavy atom. The molecule has 96 valence electrons. The highest BCUT2D eigenvalue weighted by molar-refractivity contribution is 6.32. The third kappa shape index (κ3) is 3.40. The molecule has 0 radical (unpaired) electrons. The fourth-order valence-corrected chi connectivity index (χ4v) is 1.70. The molecular weight excluding hydrogens is 252 g/mol. The monoisotopic (exact) mass is 266 g/mol. The number of ether oxygens (including phenoxy) is 1. The Hall–Kier alpha value is -1.68. The number of nitrogens with zero attached hydrogens (tertiary/aromatic N) is 1. The molecule has 0 aliphatic heterocycles. The summed E-state index contributed by atoms with van der Waals surface area (Å²) in [6.07, 6.45) is 3.18. The van der Waals surface area contributed by atoms with Crippen molar-refractivity contribution in [2.24, 2.45) is 0 Å². The van der Waals surface area contributed by atoms with Crippen LogP contribution in [0.5, 0.6) is 5.75 Å². The predicted molar refractivity (Wildman–Crippen MR) is 71.0 cm³/mol. The van der Waals surface area contributed by atoms with Crippen molar-refractivity contribution in [3.8, 4) is 5.75 Å². The third-order valence-electron chi connectivity index (χ3n) is 2.24. The van der Waals surface area contributed by atoms with E-state index in [-0.39, 0.29) is 6.10 Å². The van der Waals surface area contributed by atoms with Crippen molar-refractivity contribution in [1.29, 1.82) is 0 Å². The van der Waals surface area contributed by atoms with Crippen molar-refractivity contribution in [2.45, 2.75) is 26.5 Å². The predicted octanol–water partition coefficient (Wildman–Crippen LogP) is 3.73. The molecule has 1 heterocycles. The molecule has 5 heteroatoms. The van der Waals surface area contributed by atoms with Gasteiger partial charge in [-0.3, -0.25) is 0 Å². The van der Waals surface area contributed by atoms with Crippen molar-refractivity contribution in [1.82, 2.24) is 4.98 Å². The van der Waals surface area contributed by atoms with Gasteiger partial charge in [0, 0.05) is 5.69 Å². The molecule has 1 aromatic carbocycles. The van der Waals surface area contributed by atoms with E-state index in [4.69, 9.17) is 20.8 Å². The fourth-order valence-electron chi connectivity index (χ4n) is 1.48. The molecule has 0 aliphatic rings. The van der Waals surface area contributed by atoms with E-state index in [0.717, 1.165) is 11.4 Å². The lowest BCUT2D eigenvalue weighted by molar-refractivity contribution is 0.242. The van der Waals surface area contributed by atoms with Gasteiger partial charge in [-0.05, 0) is 32.0 Å². The highest BCUT2D eigenvalue weighted by Crippen LogP contribution is 2.28. The zero-order valence-electron chi connectivity index (χ0n) is 10.3. The number of rotatable bonds is 5. The summed E-state index contributed by atoms with van der Waals surface area (Å²) in [5.41, 5.74) is 0.910. The Balaban J connectivity index is 2.00. The zero-order valence-corrected chi connectivity index (χ0v) is 11.1. The number of hydrogen-bond acceptors (Lipinski definition) is 4. The molecule has 1 N–H and O–H groups in total. The summed E-state index contributed by atoms with van der Waals surface area (Å²) in [6, 6.07) is 5.60. The summed E-state index contributed by atoms with van der Waals surface area (Å²) in [5.74, 6) is 1.46. The zero-order chi connectivity index (χ0) is 13.0. The Labute approximate surface area is 111 Å². The smallest absolute Gasteiger partial charge is 0.180 e. The molecule has 2 aromatic rings. The molecule has 0 amide bonds. The van der Waals surface area contributed by atoms with Gasteiger partial charge in [-0.15, -0.1) is 0 Å². The Morgan fingerprint density at radius 2 is 2.28 bits per heavy atom. The van der Waals surface area contributed by atoms with Gasteiger partial charge in [0.2, 0.25) is 0 Å². The second kappa shape index (κ2) is 5.78. The minimum Gasteiger partial charge on any atom is -0.489 e. The van der Waals surface area contributed by atoms with Crippen LogP contribution in [0.2, 0.25) is 5.02 Å². The summed E-state index contributed by atoms with van der Waals surface area (Å²) >= 11 is 6.13. The molecule has 4 nitrogen and oxygen atoms in total. The van der Waals surface area contributed by atoms with E-state index in [1.807, 2.05) is 32.0 Å². The molecule has 0 bridgehead atoms. The van der Waals surface area contributed by atoms with Gasteiger partial charge in [0.05, 0.1) is 23.9 Å². The molecule has 18 heavy (non-hydrogen) atoms. The topological polar surface area (TPSA) is 47.3 Å². The second-order valence-electron chi connectivity index (χ2n) is 4.13. The van der Waals surface area contributed by atoms with E-state index in [2.05, 4.69) is 10.3 Å². The average Bonchev–Trinajstić information content (AvgIpc) is 2.82. The number of nitrogens with one attached hydrogen (secondary N) is 1. The normalized spacial score (nSPS) is 10.7. The van der Waals surface area contributed by atoms with Gasteiger partial charge >= 0.3 is 0 Å². The third-order valence-corrected chi connectivity index (χ3v) is 2.54. The molecule has 0 saturated carbocycles. The summed E-state index contributed by atoms with van der Waals surface area (Å²) in [5, 5.41) is 3.78. The highest BCUT2D eigenvalue weighted by Gasteiger charge is 2.05. The molecule has 0 fully saturated rings.